The molecule has 0 fully saturated rings. The maximum atomic E-state index is 5.27. The average molecular weight is 777 g/mol. The summed E-state index contributed by atoms with van der Waals surface area (Å²) in [5.41, 5.74) is 13.7. The van der Waals surface area contributed by atoms with Crippen molar-refractivity contribution in [1.82, 2.24) is 19.5 Å². The van der Waals surface area contributed by atoms with Gasteiger partial charge in [-0.15, -0.1) is 0 Å². The van der Waals surface area contributed by atoms with Crippen LogP contribution in [0.3, 0.4) is 0 Å². The zero-order valence-electron chi connectivity index (χ0n) is 33.1. The zero-order valence-corrected chi connectivity index (χ0v) is 33.1. The molecule has 9 aromatic carbocycles. The Bertz CT molecular complexity index is 3560. The van der Waals surface area contributed by atoms with Gasteiger partial charge < -0.3 is 4.57 Å². The van der Waals surface area contributed by atoms with Gasteiger partial charge in [0.05, 0.1) is 33.6 Å². The van der Waals surface area contributed by atoms with E-state index in [-0.39, 0.29) is 0 Å². The van der Waals surface area contributed by atoms with Crippen molar-refractivity contribution < 1.29 is 0 Å². The third-order valence-corrected chi connectivity index (χ3v) is 12.0. The first-order chi connectivity index (χ1) is 30.3. The van der Waals surface area contributed by atoms with E-state index < -0.39 is 0 Å². The highest BCUT2D eigenvalue weighted by Crippen LogP contribution is 2.45. The van der Waals surface area contributed by atoms with Crippen LogP contribution in [0.2, 0.25) is 0 Å². The molecule has 0 amide bonds. The van der Waals surface area contributed by atoms with Crippen molar-refractivity contribution in [3.63, 3.8) is 0 Å². The SMILES string of the molecule is c1ccc(-c2cc(-c3cccc4cc(-c5cccc6c7c8c(ccc7n(-c7ccccc7)c56)c(-c5ccccc5)nc5ccccc58)ccc34)nc(-c3ccccc3)n2)cc1. The fourth-order valence-electron chi connectivity index (χ4n) is 9.22. The van der Waals surface area contributed by atoms with E-state index in [9.17, 15) is 0 Å². The van der Waals surface area contributed by atoms with Crippen LogP contribution in [-0.4, -0.2) is 19.5 Å². The molecule has 0 aliphatic heterocycles. The Balaban J connectivity index is 1.10. The lowest BCUT2D eigenvalue weighted by Crippen LogP contribution is -1.96. The fraction of sp³-hybridized carbons (Fsp3) is 0. The molecule has 0 radical (unpaired) electrons. The third-order valence-electron chi connectivity index (χ3n) is 12.0. The predicted octanol–water partition coefficient (Wildman–Crippen LogP) is 14.8. The van der Waals surface area contributed by atoms with Crippen molar-refractivity contribution in [3.8, 4) is 62.0 Å². The summed E-state index contributed by atoms with van der Waals surface area (Å²) in [5, 5.41) is 8.22. The van der Waals surface area contributed by atoms with Crippen LogP contribution in [0.4, 0.5) is 0 Å². The van der Waals surface area contributed by atoms with E-state index in [1.54, 1.807) is 0 Å². The molecular weight excluding hydrogens is 741 g/mol. The molecule has 0 aliphatic rings. The molecule has 0 aliphatic carbocycles. The Hall–Kier alpha value is -8.21. The van der Waals surface area contributed by atoms with Gasteiger partial charge in [0.1, 0.15) is 0 Å². The molecule has 3 aromatic heterocycles. The van der Waals surface area contributed by atoms with Crippen LogP contribution >= 0.6 is 0 Å². The lowest BCUT2D eigenvalue weighted by atomic mass is 9.94. The number of fused-ring (bicyclic) bond motifs is 8. The van der Waals surface area contributed by atoms with Gasteiger partial charge in [-0.2, -0.15) is 0 Å². The average Bonchev–Trinajstić information content (AvgIpc) is 3.69. The lowest BCUT2D eigenvalue weighted by molar-refractivity contribution is 1.18. The van der Waals surface area contributed by atoms with Gasteiger partial charge in [-0.3, -0.25) is 0 Å². The number of pyridine rings is 1. The van der Waals surface area contributed by atoms with Crippen molar-refractivity contribution in [2.24, 2.45) is 0 Å². The Morgan fingerprint density at radius 1 is 0.344 bits per heavy atom. The predicted molar refractivity (Wildman–Crippen MR) is 254 cm³/mol. The maximum Gasteiger partial charge on any atom is 0.160 e. The Morgan fingerprint density at radius 2 is 0.967 bits per heavy atom. The molecular formula is C57H36N4. The van der Waals surface area contributed by atoms with E-state index in [4.69, 9.17) is 15.0 Å². The van der Waals surface area contributed by atoms with Gasteiger partial charge >= 0.3 is 0 Å². The fourth-order valence-corrected chi connectivity index (χ4v) is 9.22. The van der Waals surface area contributed by atoms with Gasteiger partial charge in [-0.25, -0.2) is 15.0 Å². The number of para-hydroxylation sites is 3. The number of hydrogen-bond acceptors (Lipinski definition) is 3. The van der Waals surface area contributed by atoms with Crippen LogP contribution in [0, 0.1) is 0 Å². The summed E-state index contributed by atoms with van der Waals surface area (Å²) in [6.45, 7) is 0. The Kier molecular flexibility index (Phi) is 8.13. The largest absolute Gasteiger partial charge is 0.309 e. The number of rotatable bonds is 6. The first kappa shape index (κ1) is 34.8. The van der Waals surface area contributed by atoms with Crippen molar-refractivity contribution in [2.45, 2.75) is 0 Å². The standard InChI is InChI=1S/C57H36N4/c1-5-17-37(18-6-1)50-36-51(60-57(59-50)39-21-9-3-10-22-39)45-28-15-23-40-35-41(31-32-43(40)45)44-27-16-29-48-54-52(61(56(44)48)42-24-11-4-12-25-42)34-33-47-53(54)46-26-13-14-30-49(46)58-55(47)38-19-7-2-8-20-38/h1-36H. The topological polar surface area (TPSA) is 43.6 Å². The summed E-state index contributed by atoms with van der Waals surface area (Å²) in [5.74, 6) is 0.706. The molecule has 284 valence electrons. The van der Waals surface area contributed by atoms with E-state index >= 15 is 0 Å². The van der Waals surface area contributed by atoms with Gasteiger partial charge in [0.15, 0.2) is 5.82 Å². The normalized spacial score (nSPS) is 11.6. The molecule has 0 saturated heterocycles. The van der Waals surface area contributed by atoms with Crippen LogP contribution in [0.25, 0.3) is 116 Å². The molecule has 3 heterocycles. The third kappa shape index (κ3) is 5.80. The van der Waals surface area contributed by atoms with Crippen molar-refractivity contribution in [1.29, 1.82) is 0 Å². The summed E-state index contributed by atoms with van der Waals surface area (Å²) in [4.78, 5) is 15.5. The van der Waals surface area contributed by atoms with Crippen LogP contribution in [-0.2, 0) is 0 Å². The van der Waals surface area contributed by atoms with Gasteiger partial charge in [0, 0.05) is 60.4 Å². The van der Waals surface area contributed by atoms with Gasteiger partial charge in [0.2, 0.25) is 0 Å². The highest BCUT2D eigenvalue weighted by atomic mass is 15.0. The second-order valence-corrected chi connectivity index (χ2v) is 15.5. The lowest BCUT2D eigenvalue weighted by Gasteiger charge is -2.14. The monoisotopic (exact) mass is 776 g/mol. The number of aromatic nitrogens is 4. The second kappa shape index (κ2) is 14.3. The summed E-state index contributed by atoms with van der Waals surface area (Å²) >= 11 is 0. The second-order valence-electron chi connectivity index (χ2n) is 15.5. The molecule has 0 saturated carbocycles. The summed E-state index contributed by atoms with van der Waals surface area (Å²) in [6.07, 6.45) is 0. The molecule has 4 heteroatoms. The molecule has 12 aromatic rings. The van der Waals surface area contributed by atoms with E-state index in [0.29, 0.717) is 5.82 Å². The quantitative estimate of drug-likeness (QED) is 0.158. The van der Waals surface area contributed by atoms with E-state index in [0.717, 1.165) is 83.2 Å². The van der Waals surface area contributed by atoms with E-state index in [1.807, 2.05) is 24.3 Å². The van der Waals surface area contributed by atoms with Gasteiger partial charge in [-0.05, 0) is 52.7 Å². The molecule has 61 heavy (non-hydrogen) atoms. The molecule has 0 N–H and O–H groups in total. The summed E-state index contributed by atoms with van der Waals surface area (Å²) in [6, 6.07) is 77.4. The zero-order chi connectivity index (χ0) is 40.3. The minimum atomic E-state index is 0.706. The van der Waals surface area contributed by atoms with Gasteiger partial charge in [0.25, 0.3) is 0 Å². The molecule has 0 bridgehead atoms. The first-order valence-electron chi connectivity index (χ1n) is 20.7. The smallest absolute Gasteiger partial charge is 0.160 e. The van der Waals surface area contributed by atoms with Crippen LogP contribution in [0.15, 0.2) is 218 Å². The summed E-state index contributed by atoms with van der Waals surface area (Å²) in [7, 11) is 0. The van der Waals surface area contributed by atoms with Crippen LogP contribution < -0.4 is 0 Å². The molecule has 12 rings (SSSR count). The Morgan fingerprint density at radius 3 is 1.75 bits per heavy atom. The van der Waals surface area contributed by atoms with Crippen molar-refractivity contribution in [2.75, 3.05) is 0 Å². The van der Waals surface area contributed by atoms with Crippen LogP contribution in [0.1, 0.15) is 0 Å². The first-order valence-corrected chi connectivity index (χ1v) is 20.7. The minimum Gasteiger partial charge on any atom is -0.309 e. The van der Waals surface area contributed by atoms with Crippen molar-refractivity contribution in [3.05, 3.63) is 218 Å². The van der Waals surface area contributed by atoms with E-state index in [1.165, 1.54) is 27.2 Å². The molecule has 0 atom stereocenters. The molecule has 4 nitrogen and oxygen atoms in total. The van der Waals surface area contributed by atoms with E-state index in [2.05, 4.69) is 199 Å². The molecule has 0 unspecified atom stereocenters. The van der Waals surface area contributed by atoms with Crippen molar-refractivity contribution >= 4 is 54.3 Å². The Labute approximate surface area is 352 Å². The van der Waals surface area contributed by atoms with Gasteiger partial charge in [-0.1, -0.05) is 182 Å². The molecule has 0 spiro atoms. The minimum absolute atomic E-state index is 0.706. The number of benzene rings is 9. The van der Waals surface area contributed by atoms with Crippen LogP contribution in [0.5, 0.6) is 0 Å². The highest BCUT2D eigenvalue weighted by molar-refractivity contribution is 6.30. The summed E-state index contributed by atoms with van der Waals surface area (Å²) < 4.78 is 2.45. The maximum absolute atomic E-state index is 5.27. The number of nitrogens with zero attached hydrogens (tertiary/aromatic N) is 4. The number of hydrogen-bond donors (Lipinski definition) is 0. The highest BCUT2D eigenvalue weighted by Gasteiger charge is 2.22.